The van der Waals surface area contributed by atoms with Crippen LogP contribution in [0.1, 0.15) is 133 Å². The molecule has 4 aromatic rings. The Morgan fingerprint density at radius 3 is 0.934 bits per heavy atom. The zero-order chi connectivity index (χ0) is 42.9. The van der Waals surface area contributed by atoms with Gasteiger partial charge >= 0.3 is 0 Å². The van der Waals surface area contributed by atoms with Gasteiger partial charge in [-0.15, -0.1) is 0 Å². The first-order valence-corrected chi connectivity index (χ1v) is 23.1. The van der Waals surface area contributed by atoms with Crippen LogP contribution >= 0.6 is 0 Å². The van der Waals surface area contributed by atoms with Crippen molar-refractivity contribution in [3.8, 4) is 23.0 Å². The van der Waals surface area contributed by atoms with E-state index in [0.717, 1.165) is 74.7 Å². The molecule has 2 fully saturated rings. The van der Waals surface area contributed by atoms with Crippen molar-refractivity contribution in [1.29, 1.82) is 0 Å². The number of benzene rings is 4. The topological polar surface area (TPSA) is 102 Å². The maximum absolute atomic E-state index is 10.5. The number of hydrogen-bond donors (Lipinski definition) is 2. The Bertz CT molecular complexity index is 1680. The van der Waals surface area contributed by atoms with Crippen LogP contribution in [0.3, 0.4) is 0 Å². The Morgan fingerprint density at radius 2 is 0.672 bits per heavy atom. The van der Waals surface area contributed by atoms with E-state index in [1.54, 1.807) is 0 Å². The van der Waals surface area contributed by atoms with Crippen molar-refractivity contribution in [3.05, 3.63) is 119 Å². The maximum atomic E-state index is 10.5. The van der Waals surface area contributed by atoms with Crippen molar-refractivity contribution >= 4 is 0 Å². The van der Waals surface area contributed by atoms with Gasteiger partial charge < -0.3 is 38.6 Å². The fraction of sp³-hybridized carbons (Fsp3) is 0.547. The lowest BCUT2D eigenvalue weighted by molar-refractivity contribution is 0.0974. The van der Waals surface area contributed by atoms with Gasteiger partial charge in [0.1, 0.15) is 61.6 Å². The van der Waals surface area contributed by atoms with Crippen LogP contribution in [0.25, 0.3) is 0 Å². The smallest absolute Gasteiger partial charge is 0.119 e. The number of hydrogen-bond acceptors (Lipinski definition) is 8. The molecule has 0 spiro atoms. The second-order valence-electron chi connectivity index (χ2n) is 18.3. The predicted octanol–water partition coefficient (Wildman–Crippen LogP) is 11.1. The zero-order valence-corrected chi connectivity index (χ0v) is 37.3. The summed E-state index contributed by atoms with van der Waals surface area (Å²) in [6.07, 6.45) is 14.3. The molecule has 0 aliphatic carbocycles. The zero-order valence-electron chi connectivity index (χ0n) is 37.3. The molecule has 4 unspecified atom stereocenters. The van der Waals surface area contributed by atoms with E-state index in [1.165, 1.54) is 67.2 Å². The Kier molecular flexibility index (Phi) is 17.8. The number of aliphatic hydroxyl groups excluding tert-OH is 2. The summed E-state index contributed by atoms with van der Waals surface area (Å²) in [6.45, 7) is 12.4. The monoisotopic (exact) mass is 837 g/mol. The van der Waals surface area contributed by atoms with E-state index in [4.69, 9.17) is 28.4 Å². The highest BCUT2D eigenvalue weighted by Crippen LogP contribution is 2.35. The van der Waals surface area contributed by atoms with Gasteiger partial charge in [-0.3, -0.25) is 0 Å². The molecule has 2 aliphatic heterocycles. The van der Waals surface area contributed by atoms with Gasteiger partial charge in [-0.05, 0) is 83.6 Å². The number of rotatable bonds is 30. The maximum Gasteiger partial charge on any atom is 0.119 e. The van der Waals surface area contributed by atoms with Crippen LogP contribution in [-0.4, -0.2) is 74.3 Å². The third kappa shape index (κ3) is 15.7. The first-order valence-electron chi connectivity index (χ1n) is 23.1. The van der Waals surface area contributed by atoms with E-state index >= 15 is 0 Å². The van der Waals surface area contributed by atoms with Crippen LogP contribution < -0.4 is 18.9 Å². The van der Waals surface area contributed by atoms with Gasteiger partial charge in [0.25, 0.3) is 0 Å². The highest BCUT2D eigenvalue weighted by atomic mass is 16.6. The normalized spacial score (nSPS) is 17.1. The Labute approximate surface area is 365 Å². The largest absolute Gasteiger partial charge is 0.491 e. The number of epoxide rings is 2. The van der Waals surface area contributed by atoms with Gasteiger partial charge in [0.05, 0.1) is 25.4 Å². The van der Waals surface area contributed by atoms with E-state index < -0.39 is 12.2 Å². The van der Waals surface area contributed by atoms with Crippen molar-refractivity contribution in [2.24, 2.45) is 0 Å². The average Bonchev–Trinajstić information content (AvgIpc) is 4.23. The molecular weight excluding hydrogens is 765 g/mol. The lowest BCUT2D eigenvalue weighted by Gasteiger charge is -2.26. The Balaban J connectivity index is 0.724. The van der Waals surface area contributed by atoms with Gasteiger partial charge in [0, 0.05) is 10.8 Å². The molecular formula is C53H72O8. The number of aliphatic hydroxyl groups is 2. The van der Waals surface area contributed by atoms with E-state index in [9.17, 15) is 10.2 Å². The summed E-state index contributed by atoms with van der Waals surface area (Å²) in [5.41, 5.74) is 4.53. The molecule has 0 bridgehead atoms. The summed E-state index contributed by atoms with van der Waals surface area (Å²) in [4.78, 5) is 0. The second kappa shape index (κ2) is 23.4. The van der Waals surface area contributed by atoms with Crippen LogP contribution in [-0.2, 0) is 20.3 Å². The van der Waals surface area contributed by atoms with Crippen molar-refractivity contribution < 1.29 is 38.6 Å². The minimum Gasteiger partial charge on any atom is -0.491 e. The standard InChI is InChI=1S/C53H72O8/c1-52(2,42-22-30-48(31-23-42)58-36-50-38-60-50)40-18-26-46(27-19-40)56-34-44(54)16-14-12-10-8-6-5-7-9-11-13-15-17-45(55)35-57-47-28-20-41(21-29-47)53(3,4)43-24-32-49(33-25-43)59-37-51-39-61-51/h18-33,44-45,50-51,54-55H,5-17,34-39H2,1-4H3. The average molecular weight is 837 g/mol. The lowest BCUT2D eigenvalue weighted by atomic mass is 9.78. The van der Waals surface area contributed by atoms with E-state index in [-0.39, 0.29) is 23.0 Å². The molecule has 2 heterocycles. The molecule has 4 aromatic carbocycles. The number of ether oxygens (including phenoxy) is 6. The molecule has 61 heavy (non-hydrogen) atoms. The fourth-order valence-corrected chi connectivity index (χ4v) is 7.81. The highest BCUT2D eigenvalue weighted by molar-refractivity contribution is 5.43. The molecule has 4 atom stereocenters. The van der Waals surface area contributed by atoms with Crippen molar-refractivity contribution in [2.75, 3.05) is 39.6 Å². The third-order valence-corrected chi connectivity index (χ3v) is 12.4. The minimum atomic E-state index is -0.447. The predicted molar refractivity (Wildman–Crippen MR) is 244 cm³/mol. The molecule has 8 nitrogen and oxygen atoms in total. The Morgan fingerprint density at radius 1 is 0.426 bits per heavy atom. The van der Waals surface area contributed by atoms with Crippen molar-refractivity contribution in [2.45, 2.75) is 146 Å². The van der Waals surface area contributed by atoms with Gasteiger partial charge in [0.15, 0.2) is 0 Å². The van der Waals surface area contributed by atoms with E-state index in [1.807, 2.05) is 48.5 Å². The summed E-state index contributed by atoms with van der Waals surface area (Å²) >= 11 is 0. The highest BCUT2D eigenvalue weighted by Gasteiger charge is 2.26. The molecule has 0 radical (unpaired) electrons. The fourth-order valence-electron chi connectivity index (χ4n) is 7.81. The van der Waals surface area contributed by atoms with Crippen LogP contribution in [0.15, 0.2) is 97.1 Å². The lowest BCUT2D eigenvalue weighted by Crippen LogP contribution is -2.19. The summed E-state index contributed by atoms with van der Waals surface area (Å²) in [5, 5.41) is 21.0. The number of unbranched alkanes of at least 4 members (excludes halogenated alkanes) is 10. The van der Waals surface area contributed by atoms with Gasteiger partial charge in [-0.25, -0.2) is 0 Å². The molecule has 2 saturated heterocycles. The van der Waals surface area contributed by atoms with Gasteiger partial charge in [0.2, 0.25) is 0 Å². The summed E-state index contributed by atoms with van der Waals surface area (Å²) in [5.74, 6) is 3.31. The van der Waals surface area contributed by atoms with Crippen LogP contribution in [0, 0.1) is 0 Å². The van der Waals surface area contributed by atoms with Crippen LogP contribution in [0.4, 0.5) is 0 Å². The second-order valence-corrected chi connectivity index (χ2v) is 18.3. The molecule has 0 saturated carbocycles. The molecule has 2 N–H and O–H groups in total. The summed E-state index contributed by atoms with van der Waals surface area (Å²) in [6, 6.07) is 33.2. The minimum absolute atomic E-state index is 0.161. The van der Waals surface area contributed by atoms with Crippen molar-refractivity contribution in [1.82, 2.24) is 0 Å². The molecule has 0 amide bonds. The molecule has 8 heteroatoms. The molecule has 0 aromatic heterocycles. The van der Waals surface area contributed by atoms with Crippen LogP contribution in [0.5, 0.6) is 23.0 Å². The van der Waals surface area contributed by atoms with Crippen molar-refractivity contribution in [3.63, 3.8) is 0 Å². The summed E-state index contributed by atoms with van der Waals surface area (Å²) < 4.78 is 33.9. The summed E-state index contributed by atoms with van der Waals surface area (Å²) in [7, 11) is 0. The van der Waals surface area contributed by atoms with E-state index in [2.05, 4.69) is 76.2 Å². The molecule has 2 aliphatic rings. The first-order chi connectivity index (χ1) is 29.6. The Hall–Kier alpha value is -4.08. The van der Waals surface area contributed by atoms with Gasteiger partial charge in [-0.1, -0.05) is 147 Å². The van der Waals surface area contributed by atoms with Gasteiger partial charge in [-0.2, -0.15) is 0 Å². The SMILES string of the molecule is CC(C)(c1ccc(OCC(O)CCCCCCCCCCCCCC(O)COc2ccc(C(C)(C)c3ccc(OCC4CO4)cc3)cc2)cc1)c1ccc(OCC2CO2)cc1. The first kappa shape index (κ1) is 46.4. The molecule has 332 valence electrons. The van der Waals surface area contributed by atoms with Crippen LogP contribution in [0.2, 0.25) is 0 Å². The quantitative estimate of drug-likeness (QED) is 0.0395. The van der Waals surface area contributed by atoms with E-state index in [0.29, 0.717) is 26.4 Å². The molecule has 6 rings (SSSR count). The third-order valence-electron chi connectivity index (χ3n) is 12.4.